The average Bonchev–Trinajstić information content (AvgIpc) is 3.50. The van der Waals surface area contributed by atoms with Crippen molar-refractivity contribution in [2.24, 2.45) is 5.73 Å². The number of hydrogen-bond acceptors (Lipinski definition) is 4. The standard InChI is InChI=1S/C28H28F3N3O3/c1-5-26(3,4)24-11-17-10-20(19(29)13-21(17)34(24)15-16(2)14-32)33-25(35)27(8-9-27)18-6-7-22-23(12-18)37-28(30,31)36-22/h5-7,10-13,15H,1,8-9,14,32H2,2-4H3,(H,33,35)/b16-15+. The van der Waals surface area contributed by atoms with Crippen molar-refractivity contribution in [2.45, 2.75) is 50.7 Å². The molecule has 0 saturated heterocycles. The van der Waals surface area contributed by atoms with E-state index in [0.29, 0.717) is 30.5 Å². The smallest absolute Gasteiger partial charge is 0.395 e. The number of benzene rings is 2. The molecule has 1 aliphatic heterocycles. The van der Waals surface area contributed by atoms with E-state index in [1.165, 1.54) is 18.2 Å². The number of rotatable bonds is 7. The van der Waals surface area contributed by atoms with Crippen LogP contribution in [0.15, 0.2) is 54.6 Å². The van der Waals surface area contributed by atoms with Crippen molar-refractivity contribution in [3.8, 4) is 11.5 Å². The zero-order chi connectivity index (χ0) is 26.8. The molecule has 0 unspecified atom stereocenters. The number of hydrogen-bond donors (Lipinski definition) is 2. The molecule has 1 saturated carbocycles. The highest BCUT2D eigenvalue weighted by atomic mass is 19.3. The normalized spacial score (nSPS) is 17.6. The average molecular weight is 512 g/mol. The lowest BCUT2D eigenvalue weighted by Gasteiger charge is -2.22. The monoisotopic (exact) mass is 511 g/mol. The Balaban J connectivity index is 1.49. The van der Waals surface area contributed by atoms with Crippen LogP contribution in [-0.4, -0.2) is 23.3 Å². The SMILES string of the molecule is C=CC(C)(C)c1cc2cc(NC(=O)C3(c4ccc5c(c4)OC(F)(F)O5)CC3)c(F)cc2n1/C=C(\C)CN. The van der Waals surface area contributed by atoms with Gasteiger partial charge in [0.25, 0.3) is 0 Å². The summed E-state index contributed by atoms with van der Waals surface area (Å²) in [6.07, 6.45) is 0.946. The molecule has 0 atom stereocenters. The van der Waals surface area contributed by atoms with Gasteiger partial charge in [0.2, 0.25) is 5.91 Å². The Morgan fingerprint density at radius 3 is 2.54 bits per heavy atom. The molecule has 2 aromatic carbocycles. The number of ether oxygens (including phenoxy) is 2. The van der Waals surface area contributed by atoms with Crippen molar-refractivity contribution in [3.63, 3.8) is 0 Å². The first-order chi connectivity index (χ1) is 17.4. The number of nitrogens with two attached hydrogens (primary N) is 1. The topological polar surface area (TPSA) is 78.5 Å². The minimum absolute atomic E-state index is 0.0377. The summed E-state index contributed by atoms with van der Waals surface area (Å²) in [5.74, 6) is -1.23. The number of carbonyl (C=O) groups excluding carboxylic acids is 1. The number of fused-ring (bicyclic) bond motifs is 2. The molecule has 6 nitrogen and oxygen atoms in total. The van der Waals surface area contributed by atoms with Gasteiger partial charge in [0.05, 0.1) is 16.6 Å². The van der Waals surface area contributed by atoms with Gasteiger partial charge < -0.3 is 25.1 Å². The van der Waals surface area contributed by atoms with Crippen LogP contribution in [-0.2, 0) is 15.6 Å². The second-order valence-electron chi connectivity index (χ2n) is 10.3. The highest BCUT2D eigenvalue weighted by Gasteiger charge is 2.53. The molecule has 0 radical (unpaired) electrons. The lowest BCUT2D eigenvalue weighted by atomic mass is 9.89. The molecule has 2 aliphatic rings. The van der Waals surface area contributed by atoms with Gasteiger partial charge in [-0.2, -0.15) is 0 Å². The highest BCUT2D eigenvalue weighted by Crippen LogP contribution is 2.52. The first kappa shape index (κ1) is 25.0. The fourth-order valence-electron chi connectivity index (χ4n) is 4.62. The van der Waals surface area contributed by atoms with Crippen molar-refractivity contribution in [1.29, 1.82) is 0 Å². The fraction of sp³-hybridized carbons (Fsp3) is 0.321. The zero-order valence-corrected chi connectivity index (χ0v) is 20.8. The van der Waals surface area contributed by atoms with E-state index in [1.807, 2.05) is 43.7 Å². The summed E-state index contributed by atoms with van der Waals surface area (Å²) >= 11 is 0. The number of nitrogens with zero attached hydrogens (tertiary/aromatic N) is 1. The Morgan fingerprint density at radius 2 is 1.89 bits per heavy atom. The van der Waals surface area contributed by atoms with Crippen molar-refractivity contribution in [3.05, 3.63) is 71.7 Å². The van der Waals surface area contributed by atoms with E-state index in [9.17, 15) is 13.6 Å². The number of alkyl halides is 2. The van der Waals surface area contributed by atoms with Gasteiger partial charge in [0, 0.05) is 35.3 Å². The van der Waals surface area contributed by atoms with Crippen molar-refractivity contribution < 1.29 is 27.4 Å². The first-order valence-electron chi connectivity index (χ1n) is 12.0. The van der Waals surface area contributed by atoms with Gasteiger partial charge in [-0.3, -0.25) is 4.79 Å². The number of amides is 1. The van der Waals surface area contributed by atoms with E-state index in [1.54, 1.807) is 12.1 Å². The van der Waals surface area contributed by atoms with Crippen molar-refractivity contribution in [2.75, 3.05) is 11.9 Å². The Kier molecular flexibility index (Phi) is 5.67. The van der Waals surface area contributed by atoms with Gasteiger partial charge in [0.15, 0.2) is 11.5 Å². The van der Waals surface area contributed by atoms with Gasteiger partial charge >= 0.3 is 6.29 Å². The maximum absolute atomic E-state index is 15.3. The summed E-state index contributed by atoms with van der Waals surface area (Å²) < 4.78 is 53.1. The van der Waals surface area contributed by atoms with Crippen LogP contribution < -0.4 is 20.5 Å². The molecule has 5 rings (SSSR count). The Morgan fingerprint density at radius 1 is 1.19 bits per heavy atom. The van der Waals surface area contributed by atoms with E-state index in [4.69, 9.17) is 5.73 Å². The number of nitrogens with one attached hydrogen (secondary N) is 1. The van der Waals surface area contributed by atoms with E-state index in [-0.39, 0.29) is 17.2 Å². The van der Waals surface area contributed by atoms with Gasteiger partial charge in [-0.25, -0.2) is 4.39 Å². The van der Waals surface area contributed by atoms with Gasteiger partial charge in [-0.05, 0) is 55.2 Å². The molecule has 1 amide bonds. The molecular formula is C28H28F3N3O3. The molecule has 1 aliphatic carbocycles. The maximum atomic E-state index is 15.3. The third-order valence-electron chi connectivity index (χ3n) is 7.16. The number of carbonyl (C=O) groups is 1. The van der Waals surface area contributed by atoms with Crippen LogP contribution in [0.5, 0.6) is 11.5 Å². The largest absolute Gasteiger partial charge is 0.586 e. The lowest BCUT2D eigenvalue weighted by molar-refractivity contribution is -0.286. The molecule has 0 bridgehead atoms. The van der Waals surface area contributed by atoms with E-state index >= 15 is 4.39 Å². The van der Waals surface area contributed by atoms with Crippen LogP contribution in [0.1, 0.15) is 44.9 Å². The quantitative estimate of drug-likeness (QED) is 0.378. The van der Waals surface area contributed by atoms with E-state index in [2.05, 4.69) is 21.4 Å². The molecule has 1 aromatic heterocycles. The maximum Gasteiger partial charge on any atom is 0.586 e. The third kappa shape index (κ3) is 4.27. The summed E-state index contributed by atoms with van der Waals surface area (Å²) in [4.78, 5) is 13.3. The molecule has 9 heteroatoms. The Bertz CT molecular complexity index is 1470. The zero-order valence-electron chi connectivity index (χ0n) is 20.8. The molecule has 1 fully saturated rings. The van der Waals surface area contributed by atoms with Crippen LogP contribution in [0.3, 0.4) is 0 Å². The predicted molar refractivity (Wildman–Crippen MR) is 136 cm³/mol. The molecular weight excluding hydrogens is 483 g/mol. The molecule has 37 heavy (non-hydrogen) atoms. The second-order valence-corrected chi connectivity index (χ2v) is 10.3. The predicted octanol–water partition coefficient (Wildman–Crippen LogP) is 6.06. The van der Waals surface area contributed by atoms with Crippen LogP contribution in [0.25, 0.3) is 17.1 Å². The number of allylic oxidation sites excluding steroid dienone is 1. The van der Waals surface area contributed by atoms with E-state index in [0.717, 1.165) is 16.7 Å². The second kappa shape index (κ2) is 8.41. The van der Waals surface area contributed by atoms with E-state index < -0.39 is 28.8 Å². The van der Waals surface area contributed by atoms with Crippen molar-refractivity contribution in [1.82, 2.24) is 4.57 Å². The van der Waals surface area contributed by atoms with Crippen LogP contribution in [0.4, 0.5) is 18.9 Å². The van der Waals surface area contributed by atoms with Gasteiger partial charge in [-0.1, -0.05) is 26.0 Å². The molecule has 0 spiro atoms. The number of aromatic nitrogens is 1. The number of halogens is 3. The van der Waals surface area contributed by atoms with Crippen LogP contribution >= 0.6 is 0 Å². The highest BCUT2D eigenvalue weighted by molar-refractivity contribution is 6.03. The molecule has 3 N–H and O–H groups in total. The summed E-state index contributed by atoms with van der Waals surface area (Å²) in [6.45, 7) is 10.2. The van der Waals surface area contributed by atoms with Gasteiger partial charge in [-0.15, -0.1) is 15.4 Å². The third-order valence-corrected chi connectivity index (χ3v) is 7.16. The lowest BCUT2D eigenvalue weighted by Crippen LogP contribution is -2.28. The summed E-state index contributed by atoms with van der Waals surface area (Å²) in [7, 11) is 0. The van der Waals surface area contributed by atoms with Gasteiger partial charge in [0.1, 0.15) is 5.82 Å². The summed E-state index contributed by atoms with van der Waals surface area (Å²) in [6, 6.07) is 9.23. The fourth-order valence-corrected chi connectivity index (χ4v) is 4.62. The number of anilines is 1. The van der Waals surface area contributed by atoms with Crippen LogP contribution in [0, 0.1) is 5.82 Å². The molecule has 2 heterocycles. The van der Waals surface area contributed by atoms with Crippen molar-refractivity contribution >= 4 is 28.7 Å². The molecule has 3 aromatic rings. The summed E-state index contributed by atoms with van der Waals surface area (Å²) in [5.41, 5.74) is 7.40. The summed E-state index contributed by atoms with van der Waals surface area (Å²) in [5, 5.41) is 3.46. The molecule has 194 valence electrons. The first-order valence-corrected chi connectivity index (χ1v) is 12.0. The minimum Gasteiger partial charge on any atom is -0.395 e. The Labute approximate surface area is 212 Å². The van der Waals surface area contributed by atoms with Crippen LogP contribution in [0.2, 0.25) is 0 Å². The minimum atomic E-state index is -3.74. The Hall–Kier alpha value is -3.72.